The standard InChI is InChI=1S/C17H16N2O5/c1-10(17(23)24)8-19-14(20)7-6-13(16(19)22)18-9-11-4-2-3-5-12(11)15(18)21/h2-5,13H,1,6-9H2,(H,23,24). The SMILES string of the molecule is C=C(CN1C(=O)CCC(N2Cc3ccccc3C2=O)C1=O)C(=O)O. The maximum absolute atomic E-state index is 12.7. The second-order valence-electron chi connectivity index (χ2n) is 5.87. The van der Waals surface area contributed by atoms with Crippen LogP contribution in [0.25, 0.3) is 0 Å². The first-order valence-electron chi connectivity index (χ1n) is 7.54. The van der Waals surface area contributed by atoms with E-state index in [-0.39, 0.29) is 30.9 Å². The van der Waals surface area contributed by atoms with Gasteiger partial charge in [0.15, 0.2) is 0 Å². The zero-order valence-corrected chi connectivity index (χ0v) is 12.9. The normalized spacial score (nSPS) is 20.3. The molecule has 3 rings (SSSR count). The molecule has 7 nitrogen and oxygen atoms in total. The van der Waals surface area contributed by atoms with Gasteiger partial charge < -0.3 is 10.0 Å². The lowest BCUT2D eigenvalue weighted by Gasteiger charge is -2.35. The van der Waals surface area contributed by atoms with E-state index in [9.17, 15) is 19.2 Å². The van der Waals surface area contributed by atoms with Crippen LogP contribution in [0.4, 0.5) is 0 Å². The Hall–Kier alpha value is -2.96. The molecule has 1 N–H and O–H groups in total. The predicted molar refractivity (Wildman–Crippen MR) is 82.8 cm³/mol. The van der Waals surface area contributed by atoms with Gasteiger partial charge in [-0.15, -0.1) is 0 Å². The van der Waals surface area contributed by atoms with E-state index in [1.165, 1.54) is 4.90 Å². The Labute approximate surface area is 138 Å². The number of hydrogen-bond donors (Lipinski definition) is 1. The Morgan fingerprint density at radius 2 is 1.96 bits per heavy atom. The van der Waals surface area contributed by atoms with Gasteiger partial charge in [0.25, 0.3) is 11.8 Å². The molecule has 0 saturated carbocycles. The van der Waals surface area contributed by atoms with E-state index in [4.69, 9.17) is 5.11 Å². The van der Waals surface area contributed by atoms with Crippen LogP contribution < -0.4 is 0 Å². The Morgan fingerprint density at radius 3 is 2.62 bits per heavy atom. The van der Waals surface area contributed by atoms with Crippen molar-refractivity contribution in [3.63, 3.8) is 0 Å². The number of amides is 3. The van der Waals surface area contributed by atoms with Gasteiger partial charge in [-0.2, -0.15) is 0 Å². The van der Waals surface area contributed by atoms with Crippen molar-refractivity contribution in [1.82, 2.24) is 9.80 Å². The number of benzene rings is 1. The third-order valence-corrected chi connectivity index (χ3v) is 4.36. The number of nitrogens with zero attached hydrogens (tertiary/aromatic N) is 2. The highest BCUT2D eigenvalue weighted by molar-refractivity contribution is 6.06. The number of carbonyl (C=O) groups excluding carboxylic acids is 3. The minimum atomic E-state index is -1.26. The molecule has 1 atom stereocenters. The number of carbonyl (C=O) groups is 4. The van der Waals surface area contributed by atoms with E-state index in [1.54, 1.807) is 12.1 Å². The minimum absolute atomic E-state index is 0.0867. The second-order valence-corrected chi connectivity index (χ2v) is 5.87. The van der Waals surface area contributed by atoms with Gasteiger partial charge in [0.1, 0.15) is 6.04 Å². The van der Waals surface area contributed by atoms with Gasteiger partial charge in [0, 0.05) is 24.1 Å². The van der Waals surface area contributed by atoms with Crippen molar-refractivity contribution < 1.29 is 24.3 Å². The molecule has 0 spiro atoms. The molecule has 7 heteroatoms. The molecule has 2 aliphatic rings. The Morgan fingerprint density at radius 1 is 1.25 bits per heavy atom. The number of likely N-dealkylation sites (tertiary alicyclic amines) is 1. The minimum Gasteiger partial charge on any atom is -0.478 e. The number of imide groups is 1. The average Bonchev–Trinajstić information content (AvgIpc) is 2.88. The van der Waals surface area contributed by atoms with Crippen molar-refractivity contribution >= 4 is 23.7 Å². The lowest BCUT2D eigenvalue weighted by atomic mass is 10.0. The summed E-state index contributed by atoms with van der Waals surface area (Å²) in [7, 11) is 0. The first-order valence-corrected chi connectivity index (χ1v) is 7.54. The molecule has 0 radical (unpaired) electrons. The molecule has 1 saturated heterocycles. The molecule has 2 heterocycles. The average molecular weight is 328 g/mol. The molecular formula is C17H16N2O5. The third-order valence-electron chi connectivity index (χ3n) is 4.36. The molecule has 1 aromatic rings. The number of piperidine rings is 1. The third kappa shape index (κ3) is 2.58. The molecule has 124 valence electrons. The van der Waals surface area contributed by atoms with Gasteiger partial charge >= 0.3 is 5.97 Å². The van der Waals surface area contributed by atoms with Gasteiger partial charge in [-0.25, -0.2) is 4.79 Å². The van der Waals surface area contributed by atoms with Crippen LogP contribution in [-0.2, 0) is 20.9 Å². The highest BCUT2D eigenvalue weighted by atomic mass is 16.4. The molecule has 0 bridgehead atoms. The van der Waals surface area contributed by atoms with Crippen LogP contribution in [0.3, 0.4) is 0 Å². The van der Waals surface area contributed by atoms with Crippen molar-refractivity contribution in [2.45, 2.75) is 25.4 Å². The summed E-state index contributed by atoms with van der Waals surface area (Å²) in [4.78, 5) is 50.4. The summed E-state index contributed by atoms with van der Waals surface area (Å²) in [5.41, 5.74) is 1.16. The summed E-state index contributed by atoms with van der Waals surface area (Å²) in [6.07, 6.45) is 0.330. The first-order chi connectivity index (χ1) is 11.4. The summed E-state index contributed by atoms with van der Waals surface area (Å²) in [6, 6.07) is 6.36. The van der Waals surface area contributed by atoms with Crippen molar-refractivity contribution in [1.29, 1.82) is 0 Å². The maximum atomic E-state index is 12.7. The maximum Gasteiger partial charge on any atom is 0.332 e. The molecule has 1 unspecified atom stereocenters. The number of carboxylic acids is 1. The van der Waals surface area contributed by atoms with Crippen LogP contribution in [0, 0.1) is 0 Å². The largest absolute Gasteiger partial charge is 0.478 e. The van der Waals surface area contributed by atoms with Crippen molar-refractivity contribution in [2.24, 2.45) is 0 Å². The van der Waals surface area contributed by atoms with E-state index in [0.717, 1.165) is 10.5 Å². The van der Waals surface area contributed by atoms with Crippen LogP contribution in [0.5, 0.6) is 0 Å². The Bertz CT molecular complexity index is 770. The Balaban J connectivity index is 1.81. The van der Waals surface area contributed by atoms with E-state index in [1.807, 2.05) is 12.1 Å². The monoisotopic (exact) mass is 328 g/mol. The van der Waals surface area contributed by atoms with E-state index in [0.29, 0.717) is 12.1 Å². The Kier molecular flexibility index (Phi) is 3.92. The molecule has 0 aliphatic carbocycles. The topological polar surface area (TPSA) is 95.0 Å². The fraction of sp³-hybridized carbons (Fsp3) is 0.294. The quantitative estimate of drug-likeness (QED) is 0.651. The fourth-order valence-electron chi connectivity index (χ4n) is 3.06. The summed E-state index contributed by atoms with van der Waals surface area (Å²) < 4.78 is 0. The molecule has 24 heavy (non-hydrogen) atoms. The van der Waals surface area contributed by atoms with Crippen LogP contribution >= 0.6 is 0 Å². The van der Waals surface area contributed by atoms with Gasteiger partial charge in [0.2, 0.25) is 5.91 Å². The van der Waals surface area contributed by atoms with Crippen molar-refractivity contribution in [2.75, 3.05) is 6.54 Å². The summed E-state index contributed by atoms with van der Waals surface area (Å²) in [6.45, 7) is 3.31. The summed E-state index contributed by atoms with van der Waals surface area (Å²) >= 11 is 0. The predicted octanol–water partition coefficient (Wildman–Crippen LogP) is 0.801. The molecule has 3 amide bonds. The van der Waals surface area contributed by atoms with Crippen LogP contribution in [0.2, 0.25) is 0 Å². The van der Waals surface area contributed by atoms with E-state index in [2.05, 4.69) is 6.58 Å². The number of hydrogen-bond acceptors (Lipinski definition) is 4. The zero-order valence-electron chi connectivity index (χ0n) is 12.9. The number of carboxylic acid groups (broad SMARTS) is 1. The van der Waals surface area contributed by atoms with Gasteiger partial charge in [-0.1, -0.05) is 24.8 Å². The van der Waals surface area contributed by atoms with Crippen LogP contribution in [0.15, 0.2) is 36.4 Å². The molecule has 2 aliphatic heterocycles. The molecule has 1 aromatic carbocycles. The second kappa shape index (κ2) is 5.92. The van der Waals surface area contributed by atoms with Gasteiger partial charge in [-0.05, 0) is 18.1 Å². The summed E-state index contributed by atoms with van der Waals surface area (Å²) in [5.74, 6) is -2.49. The highest BCUT2D eigenvalue weighted by Gasteiger charge is 2.42. The van der Waals surface area contributed by atoms with Crippen LogP contribution in [0.1, 0.15) is 28.8 Å². The lowest BCUT2D eigenvalue weighted by Crippen LogP contribution is -2.55. The van der Waals surface area contributed by atoms with Gasteiger partial charge in [0.05, 0.1) is 6.54 Å². The number of rotatable bonds is 4. The van der Waals surface area contributed by atoms with Crippen molar-refractivity contribution in [3.05, 3.63) is 47.5 Å². The number of aliphatic carboxylic acids is 1. The molecule has 1 fully saturated rings. The molecular weight excluding hydrogens is 312 g/mol. The van der Waals surface area contributed by atoms with E-state index >= 15 is 0 Å². The lowest BCUT2D eigenvalue weighted by molar-refractivity contribution is -0.151. The fourth-order valence-corrected chi connectivity index (χ4v) is 3.06. The van der Waals surface area contributed by atoms with Gasteiger partial charge in [-0.3, -0.25) is 19.3 Å². The zero-order chi connectivity index (χ0) is 17.4. The molecule has 0 aromatic heterocycles. The smallest absolute Gasteiger partial charge is 0.332 e. The first kappa shape index (κ1) is 15.9. The summed E-state index contributed by atoms with van der Waals surface area (Å²) in [5, 5.41) is 8.91. The number of fused-ring (bicyclic) bond motifs is 1. The van der Waals surface area contributed by atoms with Crippen molar-refractivity contribution in [3.8, 4) is 0 Å². The van der Waals surface area contributed by atoms with Crippen LogP contribution in [-0.4, -0.2) is 51.2 Å². The van der Waals surface area contributed by atoms with E-state index < -0.39 is 23.8 Å². The highest BCUT2D eigenvalue weighted by Crippen LogP contribution is 2.29.